The molecule has 0 aliphatic carbocycles. The first-order chi connectivity index (χ1) is 11.3. The SMILES string of the molecule is Cc1c(Br)cc(/C=C2\O[C@@H]([C@@H](Cl)CCN=C(N)N)NC2=O)cc1Br. The van der Waals surface area contributed by atoms with Gasteiger partial charge < -0.3 is 21.5 Å². The first kappa shape index (κ1) is 19.1. The molecule has 1 aliphatic heterocycles. The molecule has 1 amide bonds. The van der Waals surface area contributed by atoms with Crippen molar-refractivity contribution in [2.24, 2.45) is 16.5 Å². The quantitative estimate of drug-likeness (QED) is 0.261. The van der Waals surface area contributed by atoms with Crippen molar-refractivity contribution in [3.8, 4) is 0 Å². The van der Waals surface area contributed by atoms with Crippen molar-refractivity contribution in [3.63, 3.8) is 0 Å². The summed E-state index contributed by atoms with van der Waals surface area (Å²) in [7, 11) is 0. The van der Waals surface area contributed by atoms with Gasteiger partial charge in [0.05, 0.1) is 5.38 Å². The number of benzene rings is 1. The number of aliphatic imine (C=N–C) groups is 1. The van der Waals surface area contributed by atoms with E-state index >= 15 is 0 Å². The Bertz CT molecular complexity index is 682. The van der Waals surface area contributed by atoms with E-state index in [0.717, 1.165) is 20.1 Å². The minimum absolute atomic E-state index is 0.00588. The number of rotatable bonds is 5. The number of alkyl halides is 1. The lowest BCUT2D eigenvalue weighted by molar-refractivity contribution is -0.116. The van der Waals surface area contributed by atoms with E-state index in [1.54, 1.807) is 6.08 Å². The van der Waals surface area contributed by atoms with Crippen LogP contribution < -0.4 is 16.8 Å². The van der Waals surface area contributed by atoms with Crippen LogP contribution in [0.3, 0.4) is 0 Å². The minimum Gasteiger partial charge on any atom is -0.463 e. The number of ether oxygens (including phenoxy) is 1. The van der Waals surface area contributed by atoms with Crippen molar-refractivity contribution in [2.75, 3.05) is 6.54 Å². The number of guanidine groups is 1. The zero-order chi connectivity index (χ0) is 17.9. The van der Waals surface area contributed by atoms with Gasteiger partial charge in [0.1, 0.15) is 0 Å². The molecule has 1 aliphatic rings. The fraction of sp³-hybridized carbons (Fsp3) is 0.333. The van der Waals surface area contributed by atoms with E-state index < -0.39 is 11.6 Å². The third-order valence-electron chi connectivity index (χ3n) is 3.38. The number of nitrogens with two attached hydrogens (primary N) is 2. The van der Waals surface area contributed by atoms with Crippen LogP contribution in [-0.2, 0) is 9.53 Å². The van der Waals surface area contributed by atoms with Gasteiger partial charge in [-0.15, -0.1) is 11.6 Å². The molecule has 24 heavy (non-hydrogen) atoms. The number of nitrogens with one attached hydrogen (secondary N) is 1. The second-order valence-electron chi connectivity index (χ2n) is 5.24. The van der Waals surface area contributed by atoms with Crippen LogP contribution in [0.2, 0.25) is 0 Å². The maximum Gasteiger partial charge on any atom is 0.289 e. The van der Waals surface area contributed by atoms with Gasteiger partial charge in [-0.2, -0.15) is 0 Å². The molecule has 1 aromatic rings. The third-order valence-corrected chi connectivity index (χ3v) is 5.47. The Morgan fingerprint density at radius 3 is 2.67 bits per heavy atom. The predicted octanol–water partition coefficient (Wildman–Crippen LogP) is 2.60. The number of carbonyl (C=O) groups excluding carboxylic acids is 1. The van der Waals surface area contributed by atoms with E-state index in [0.29, 0.717) is 13.0 Å². The van der Waals surface area contributed by atoms with Crippen molar-refractivity contribution >= 4 is 61.4 Å². The highest BCUT2D eigenvalue weighted by Gasteiger charge is 2.33. The molecular formula is C15H17Br2ClN4O2. The molecule has 0 spiro atoms. The van der Waals surface area contributed by atoms with Crippen molar-refractivity contribution in [1.82, 2.24) is 5.32 Å². The molecule has 0 unspecified atom stereocenters. The average molecular weight is 481 g/mol. The molecule has 1 fully saturated rings. The Morgan fingerprint density at radius 1 is 1.46 bits per heavy atom. The number of halogens is 3. The van der Waals surface area contributed by atoms with Crippen molar-refractivity contribution < 1.29 is 9.53 Å². The molecular weight excluding hydrogens is 463 g/mol. The van der Waals surface area contributed by atoms with Crippen molar-refractivity contribution in [2.45, 2.75) is 24.9 Å². The van der Waals surface area contributed by atoms with Crippen LogP contribution in [0.25, 0.3) is 6.08 Å². The van der Waals surface area contributed by atoms with E-state index in [4.69, 9.17) is 27.8 Å². The first-order valence-electron chi connectivity index (χ1n) is 7.12. The fourth-order valence-electron chi connectivity index (χ4n) is 2.05. The largest absolute Gasteiger partial charge is 0.463 e. The number of amides is 1. The highest BCUT2D eigenvalue weighted by molar-refractivity contribution is 9.11. The van der Waals surface area contributed by atoms with Gasteiger partial charge in [0.25, 0.3) is 5.91 Å². The van der Waals surface area contributed by atoms with Gasteiger partial charge in [0.2, 0.25) is 0 Å². The molecule has 0 saturated carbocycles. The summed E-state index contributed by atoms with van der Waals surface area (Å²) in [4.78, 5) is 15.9. The summed E-state index contributed by atoms with van der Waals surface area (Å²) >= 11 is 13.2. The number of hydrogen-bond acceptors (Lipinski definition) is 3. The van der Waals surface area contributed by atoms with Crippen LogP contribution in [-0.4, -0.2) is 30.0 Å². The van der Waals surface area contributed by atoms with Gasteiger partial charge in [0.15, 0.2) is 17.9 Å². The van der Waals surface area contributed by atoms with Crippen molar-refractivity contribution in [1.29, 1.82) is 0 Å². The lowest BCUT2D eigenvalue weighted by atomic mass is 10.1. The van der Waals surface area contributed by atoms with Crippen LogP contribution in [0.4, 0.5) is 0 Å². The summed E-state index contributed by atoms with van der Waals surface area (Å²) in [5.74, 6) is -0.0817. The normalized spacial score (nSPS) is 19.8. The predicted molar refractivity (Wildman–Crippen MR) is 103 cm³/mol. The smallest absolute Gasteiger partial charge is 0.289 e. The second-order valence-corrected chi connectivity index (χ2v) is 7.51. The number of hydrogen-bond donors (Lipinski definition) is 3. The van der Waals surface area contributed by atoms with Crippen LogP contribution in [0.5, 0.6) is 0 Å². The molecule has 5 N–H and O–H groups in total. The number of carbonyl (C=O) groups is 1. The van der Waals surface area contributed by atoms with E-state index in [-0.39, 0.29) is 17.6 Å². The van der Waals surface area contributed by atoms with Gasteiger partial charge in [-0.25, -0.2) is 0 Å². The van der Waals surface area contributed by atoms with Crippen LogP contribution in [0, 0.1) is 6.92 Å². The molecule has 1 saturated heterocycles. The minimum atomic E-state index is -0.614. The van der Waals surface area contributed by atoms with Crippen LogP contribution >= 0.6 is 43.5 Å². The molecule has 6 nitrogen and oxygen atoms in total. The molecule has 9 heteroatoms. The topological polar surface area (TPSA) is 103 Å². The zero-order valence-electron chi connectivity index (χ0n) is 12.9. The fourth-order valence-corrected chi connectivity index (χ4v) is 3.49. The van der Waals surface area contributed by atoms with Gasteiger partial charge >= 0.3 is 0 Å². The molecule has 0 aromatic heterocycles. The Balaban J connectivity index is 2.08. The second kappa shape index (κ2) is 8.22. The zero-order valence-corrected chi connectivity index (χ0v) is 16.8. The summed E-state index contributed by atoms with van der Waals surface area (Å²) < 4.78 is 7.51. The molecule has 2 rings (SSSR count). The van der Waals surface area contributed by atoms with E-state index in [2.05, 4.69) is 42.2 Å². The summed E-state index contributed by atoms with van der Waals surface area (Å²) in [6.07, 6.45) is 1.53. The highest BCUT2D eigenvalue weighted by Crippen LogP contribution is 2.28. The average Bonchev–Trinajstić information content (AvgIpc) is 2.85. The Hall–Kier alpha value is -1.25. The van der Waals surface area contributed by atoms with Crippen molar-refractivity contribution in [3.05, 3.63) is 38.0 Å². The summed E-state index contributed by atoms with van der Waals surface area (Å²) in [6.45, 7) is 2.34. The maximum atomic E-state index is 12.1. The molecule has 1 heterocycles. The first-order valence-corrected chi connectivity index (χ1v) is 9.14. The molecule has 0 bridgehead atoms. The van der Waals surface area contributed by atoms with Gasteiger partial charge in [-0.3, -0.25) is 9.79 Å². The molecule has 1 aromatic carbocycles. The van der Waals surface area contributed by atoms with Crippen LogP contribution in [0.15, 0.2) is 31.8 Å². The summed E-state index contributed by atoms with van der Waals surface area (Å²) in [5, 5.41) is 2.26. The monoisotopic (exact) mass is 478 g/mol. The van der Waals surface area contributed by atoms with E-state index in [1.807, 2.05) is 19.1 Å². The summed E-state index contributed by atoms with van der Waals surface area (Å²) in [6, 6.07) is 3.82. The molecule has 130 valence electrons. The Labute approximate surface area is 161 Å². The van der Waals surface area contributed by atoms with Gasteiger partial charge in [0, 0.05) is 15.5 Å². The van der Waals surface area contributed by atoms with Gasteiger partial charge in [-0.1, -0.05) is 31.9 Å². The lowest BCUT2D eigenvalue weighted by Gasteiger charge is -2.15. The highest BCUT2D eigenvalue weighted by atomic mass is 79.9. The Kier molecular flexibility index (Phi) is 6.54. The Morgan fingerprint density at radius 2 is 2.08 bits per heavy atom. The lowest BCUT2D eigenvalue weighted by Crippen LogP contribution is -2.35. The number of nitrogens with zero attached hydrogens (tertiary/aromatic N) is 1. The van der Waals surface area contributed by atoms with E-state index in [9.17, 15) is 4.79 Å². The molecule has 2 atom stereocenters. The van der Waals surface area contributed by atoms with Crippen LogP contribution in [0.1, 0.15) is 17.5 Å². The third kappa shape index (κ3) is 4.87. The summed E-state index contributed by atoms with van der Waals surface area (Å²) in [5.41, 5.74) is 12.4. The van der Waals surface area contributed by atoms with Gasteiger partial charge in [-0.05, 0) is 42.7 Å². The molecule has 0 radical (unpaired) electrons. The van der Waals surface area contributed by atoms with E-state index in [1.165, 1.54) is 0 Å². The maximum absolute atomic E-state index is 12.1. The standard InChI is InChI=1S/C15H17Br2ClN4O2/c1-7-9(16)4-8(5-10(7)17)6-12-13(23)22-14(24-12)11(18)2-3-21-15(19)20/h4-6,11,14H,2-3H2,1H3,(H,22,23)(H4,19,20,21)/b12-6-/t11-,14-/m0/s1.